The van der Waals surface area contributed by atoms with Crippen molar-refractivity contribution in [2.45, 2.75) is 18.9 Å². The minimum Gasteiger partial charge on any atom is -0.479 e. The van der Waals surface area contributed by atoms with Crippen LogP contribution in [0.25, 0.3) is 0 Å². The van der Waals surface area contributed by atoms with Crippen LogP contribution in [0.3, 0.4) is 0 Å². The van der Waals surface area contributed by atoms with E-state index in [0.29, 0.717) is 22.8 Å². The van der Waals surface area contributed by atoms with Crippen molar-refractivity contribution in [3.8, 4) is 0 Å². The Hall–Kier alpha value is -2.27. The zero-order valence-corrected chi connectivity index (χ0v) is 11.8. The largest absolute Gasteiger partial charge is 0.479 e. The topological polar surface area (TPSA) is 79.5 Å². The number of carboxylic acids is 1. The number of halogens is 1. The summed E-state index contributed by atoms with van der Waals surface area (Å²) in [5.74, 6) is -0.858. The van der Waals surface area contributed by atoms with Crippen LogP contribution in [0.2, 0.25) is 5.02 Å². The van der Waals surface area contributed by atoms with E-state index < -0.39 is 12.0 Å². The predicted molar refractivity (Wildman–Crippen MR) is 77.0 cm³/mol. The van der Waals surface area contributed by atoms with Gasteiger partial charge in [-0.25, -0.2) is 4.79 Å². The number of hydrogen-bond donors (Lipinski definition) is 2. The third-order valence-corrected chi connectivity index (χ3v) is 3.29. The molecule has 0 bridgehead atoms. The van der Waals surface area contributed by atoms with Crippen LogP contribution in [-0.4, -0.2) is 17.0 Å². The molecule has 2 aromatic rings. The first-order valence-electron chi connectivity index (χ1n) is 6.37. The van der Waals surface area contributed by atoms with Crippen LogP contribution in [0.5, 0.6) is 0 Å². The number of amides is 1. The Bertz CT molecular complexity index is 624. The quantitative estimate of drug-likeness (QED) is 0.860. The van der Waals surface area contributed by atoms with E-state index in [9.17, 15) is 14.7 Å². The number of rotatable bonds is 6. The highest BCUT2D eigenvalue weighted by molar-refractivity contribution is 6.31. The average molecular weight is 308 g/mol. The number of aliphatic carboxylic acids is 1. The van der Waals surface area contributed by atoms with Crippen molar-refractivity contribution >= 4 is 23.5 Å². The van der Waals surface area contributed by atoms with E-state index >= 15 is 0 Å². The highest BCUT2D eigenvalue weighted by Gasteiger charge is 2.23. The summed E-state index contributed by atoms with van der Waals surface area (Å²) >= 11 is 5.98. The van der Waals surface area contributed by atoms with E-state index in [1.54, 1.807) is 36.4 Å². The zero-order chi connectivity index (χ0) is 15.2. The van der Waals surface area contributed by atoms with E-state index in [2.05, 4.69) is 5.32 Å². The fraction of sp³-hybridized carbons (Fsp3) is 0.200. The molecule has 1 aromatic carbocycles. The summed E-state index contributed by atoms with van der Waals surface area (Å²) in [7, 11) is 0. The number of nitrogens with one attached hydrogen (secondary N) is 1. The predicted octanol–water partition coefficient (Wildman–Crippen LogP) is 2.81. The van der Waals surface area contributed by atoms with Crippen LogP contribution < -0.4 is 5.32 Å². The molecule has 1 aromatic heterocycles. The molecular weight excluding hydrogens is 294 g/mol. The average Bonchev–Trinajstić information content (AvgIpc) is 2.96. The van der Waals surface area contributed by atoms with E-state index in [4.69, 9.17) is 16.0 Å². The molecule has 5 nitrogen and oxygen atoms in total. The minimum atomic E-state index is -1.16. The number of carbonyl (C=O) groups is 2. The molecule has 0 aliphatic heterocycles. The van der Waals surface area contributed by atoms with Gasteiger partial charge in [0.05, 0.1) is 6.26 Å². The lowest BCUT2D eigenvalue weighted by atomic mass is 10.1. The van der Waals surface area contributed by atoms with Crippen molar-refractivity contribution < 1.29 is 19.1 Å². The van der Waals surface area contributed by atoms with Gasteiger partial charge in [-0.3, -0.25) is 4.79 Å². The third kappa shape index (κ3) is 4.10. The Morgan fingerprint density at radius 3 is 2.62 bits per heavy atom. The lowest BCUT2D eigenvalue weighted by molar-refractivity contribution is -0.142. The first-order chi connectivity index (χ1) is 10.1. The van der Waals surface area contributed by atoms with Gasteiger partial charge in [0.2, 0.25) is 5.91 Å². The van der Waals surface area contributed by atoms with Gasteiger partial charge in [0.25, 0.3) is 0 Å². The van der Waals surface area contributed by atoms with Gasteiger partial charge in [-0.2, -0.15) is 0 Å². The molecule has 1 heterocycles. The normalized spacial score (nSPS) is 11.9. The maximum atomic E-state index is 11.9. The number of carboxylic acid groups (broad SMARTS) is 1. The molecule has 1 atom stereocenters. The summed E-state index contributed by atoms with van der Waals surface area (Å²) in [6, 6.07) is 8.86. The van der Waals surface area contributed by atoms with Crippen molar-refractivity contribution in [3.63, 3.8) is 0 Å². The smallest absolute Gasteiger partial charge is 0.330 e. The number of hydrogen-bond acceptors (Lipinski definition) is 3. The standard InChI is InChI=1S/C15H14ClNO4/c16-12-6-2-1-5-11(12)14(15(19)20)17-13(18)8-7-10-4-3-9-21-10/h1-6,9,14H,7-8H2,(H,17,18)(H,19,20)/t14-/m1/s1. The highest BCUT2D eigenvalue weighted by Crippen LogP contribution is 2.23. The summed E-state index contributed by atoms with van der Waals surface area (Å²) in [5, 5.41) is 12.0. The monoisotopic (exact) mass is 307 g/mol. The molecule has 0 aliphatic rings. The Balaban J connectivity index is 2.01. The molecule has 21 heavy (non-hydrogen) atoms. The molecule has 110 valence electrons. The lowest BCUT2D eigenvalue weighted by Gasteiger charge is -2.16. The molecule has 2 N–H and O–H groups in total. The molecule has 2 rings (SSSR count). The van der Waals surface area contributed by atoms with Crippen molar-refractivity contribution in [2.24, 2.45) is 0 Å². The maximum Gasteiger partial charge on any atom is 0.330 e. The first kappa shape index (κ1) is 15.1. The Morgan fingerprint density at radius 2 is 2.00 bits per heavy atom. The van der Waals surface area contributed by atoms with Crippen LogP contribution in [0.4, 0.5) is 0 Å². The fourth-order valence-electron chi connectivity index (χ4n) is 1.91. The SMILES string of the molecule is O=C(CCc1ccco1)N[C@@H](C(=O)O)c1ccccc1Cl. The summed E-state index contributed by atoms with van der Waals surface area (Å²) < 4.78 is 5.12. The van der Waals surface area contributed by atoms with Gasteiger partial charge in [-0.1, -0.05) is 29.8 Å². The first-order valence-corrected chi connectivity index (χ1v) is 6.74. The Morgan fingerprint density at radius 1 is 1.24 bits per heavy atom. The Labute approximate surface area is 126 Å². The summed E-state index contributed by atoms with van der Waals surface area (Å²) in [4.78, 5) is 23.2. The second-order valence-electron chi connectivity index (χ2n) is 4.44. The second kappa shape index (κ2) is 6.95. The summed E-state index contributed by atoms with van der Waals surface area (Å²) in [5.41, 5.74) is 0.359. The molecule has 0 radical (unpaired) electrons. The van der Waals surface area contributed by atoms with E-state index in [0.717, 1.165) is 0 Å². The maximum absolute atomic E-state index is 11.9. The lowest BCUT2D eigenvalue weighted by Crippen LogP contribution is -2.34. The molecule has 0 spiro atoms. The number of carbonyl (C=O) groups excluding carboxylic acids is 1. The molecule has 1 amide bonds. The van der Waals surface area contributed by atoms with Gasteiger partial charge in [0.15, 0.2) is 6.04 Å². The summed E-state index contributed by atoms with van der Waals surface area (Å²) in [6.07, 6.45) is 2.08. The fourth-order valence-corrected chi connectivity index (χ4v) is 2.15. The van der Waals surface area contributed by atoms with Crippen molar-refractivity contribution in [2.75, 3.05) is 0 Å². The van der Waals surface area contributed by atoms with Crippen LogP contribution >= 0.6 is 11.6 Å². The number of furan rings is 1. The van der Waals surface area contributed by atoms with Crippen LogP contribution in [-0.2, 0) is 16.0 Å². The van der Waals surface area contributed by atoms with Crippen molar-refractivity contribution in [1.29, 1.82) is 0 Å². The van der Waals surface area contributed by atoms with Crippen LogP contribution in [0, 0.1) is 0 Å². The van der Waals surface area contributed by atoms with Crippen molar-refractivity contribution in [1.82, 2.24) is 5.32 Å². The van der Waals surface area contributed by atoms with Gasteiger partial charge in [0.1, 0.15) is 5.76 Å². The van der Waals surface area contributed by atoms with Gasteiger partial charge < -0.3 is 14.8 Å². The number of benzene rings is 1. The van der Waals surface area contributed by atoms with Gasteiger partial charge in [-0.15, -0.1) is 0 Å². The molecule has 0 saturated heterocycles. The molecule has 0 saturated carbocycles. The molecule has 0 fully saturated rings. The minimum absolute atomic E-state index is 0.141. The van der Waals surface area contributed by atoms with E-state index in [-0.39, 0.29) is 12.3 Å². The molecule has 0 unspecified atom stereocenters. The van der Waals surface area contributed by atoms with E-state index in [1.807, 2.05) is 0 Å². The number of aryl methyl sites for hydroxylation is 1. The molecule has 6 heteroatoms. The van der Waals surface area contributed by atoms with Gasteiger partial charge in [-0.05, 0) is 18.2 Å². The Kier molecular flexibility index (Phi) is 5.00. The van der Waals surface area contributed by atoms with Crippen LogP contribution in [0.1, 0.15) is 23.8 Å². The third-order valence-electron chi connectivity index (χ3n) is 2.95. The second-order valence-corrected chi connectivity index (χ2v) is 4.85. The summed E-state index contributed by atoms with van der Waals surface area (Å²) in [6.45, 7) is 0. The van der Waals surface area contributed by atoms with Gasteiger partial charge >= 0.3 is 5.97 Å². The van der Waals surface area contributed by atoms with Gasteiger partial charge in [0, 0.05) is 23.4 Å². The molecular formula is C15H14ClNO4. The molecule has 0 aliphatic carbocycles. The van der Waals surface area contributed by atoms with Crippen LogP contribution in [0.15, 0.2) is 47.1 Å². The highest BCUT2D eigenvalue weighted by atomic mass is 35.5. The zero-order valence-electron chi connectivity index (χ0n) is 11.1. The van der Waals surface area contributed by atoms with Crippen molar-refractivity contribution in [3.05, 3.63) is 59.0 Å². The van der Waals surface area contributed by atoms with E-state index in [1.165, 1.54) is 6.26 Å².